The van der Waals surface area contributed by atoms with Crippen molar-refractivity contribution in [2.45, 2.75) is 0 Å². The number of para-hydroxylation sites is 1. The second-order valence-electron chi connectivity index (χ2n) is 11.0. The summed E-state index contributed by atoms with van der Waals surface area (Å²) < 4.78 is 2.62. The number of fused-ring (bicyclic) bond motifs is 3. The molecule has 0 amide bonds. The highest BCUT2D eigenvalue weighted by Crippen LogP contribution is 2.47. The van der Waals surface area contributed by atoms with Crippen LogP contribution in [-0.2, 0) is 0 Å². The summed E-state index contributed by atoms with van der Waals surface area (Å²) in [5.74, 6) is 0. The molecule has 1 nitrogen and oxygen atoms in total. The third-order valence-electron chi connectivity index (χ3n) is 8.29. The Hall–Kier alpha value is -5.44. The summed E-state index contributed by atoms with van der Waals surface area (Å²) in [5, 5.41) is 2.62. The van der Waals surface area contributed by atoms with Gasteiger partial charge in [0.25, 0.3) is 0 Å². The van der Waals surface area contributed by atoms with Gasteiger partial charge in [0.15, 0.2) is 0 Å². The van der Waals surface area contributed by atoms with E-state index < -0.39 is 0 Å². The molecule has 0 saturated carbocycles. The Morgan fingerprint density at radius 1 is 0.364 bits per heavy atom. The summed E-state index contributed by atoms with van der Waals surface area (Å²) in [5.41, 5.74) is 10.6. The Morgan fingerprint density at radius 2 is 0.909 bits per heavy atom. The summed E-state index contributed by atoms with van der Waals surface area (Å²) in [4.78, 5) is 2.41. The molecule has 7 aromatic carbocycles. The first-order chi connectivity index (χ1) is 21.8. The van der Waals surface area contributed by atoms with Gasteiger partial charge in [0.05, 0.1) is 5.69 Å². The van der Waals surface area contributed by atoms with E-state index in [-0.39, 0.29) is 0 Å². The molecule has 0 fully saturated rings. The van der Waals surface area contributed by atoms with Crippen LogP contribution in [0.25, 0.3) is 53.6 Å². The molecule has 0 atom stereocenters. The number of thiophene rings is 1. The molecule has 0 bridgehead atoms. The van der Waals surface area contributed by atoms with Crippen molar-refractivity contribution in [3.63, 3.8) is 0 Å². The van der Waals surface area contributed by atoms with Crippen LogP contribution in [0, 0.1) is 0 Å². The zero-order valence-corrected chi connectivity index (χ0v) is 24.9. The molecule has 208 valence electrons. The van der Waals surface area contributed by atoms with Gasteiger partial charge in [-0.15, -0.1) is 11.3 Å². The fraction of sp³-hybridized carbons (Fsp3) is 0. The molecule has 8 aromatic rings. The Kier molecular flexibility index (Phi) is 6.75. The van der Waals surface area contributed by atoms with Crippen LogP contribution in [0.3, 0.4) is 0 Å². The zero-order valence-electron chi connectivity index (χ0n) is 24.1. The van der Waals surface area contributed by atoms with Crippen LogP contribution in [0.5, 0.6) is 0 Å². The highest BCUT2D eigenvalue weighted by atomic mass is 32.1. The first-order valence-corrected chi connectivity index (χ1v) is 15.8. The Labute approximate surface area is 261 Å². The van der Waals surface area contributed by atoms with E-state index in [2.05, 4.69) is 181 Å². The molecule has 0 aliphatic carbocycles. The van der Waals surface area contributed by atoms with Crippen LogP contribution >= 0.6 is 11.3 Å². The summed E-state index contributed by atoms with van der Waals surface area (Å²) >= 11 is 1.86. The molecule has 44 heavy (non-hydrogen) atoms. The molecule has 1 aromatic heterocycles. The standard InChI is InChI=1S/C42H29NS/c1-4-13-30(14-5-1)32-23-26-35(27-24-32)43(34-17-8-3-9-18-34)39-29-33(31-15-6-2-7-16-31)25-28-36(39)37-20-12-22-41-42(37)38-19-10-11-21-40(38)44-41/h1-29H. The molecule has 0 N–H and O–H groups in total. The lowest BCUT2D eigenvalue weighted by molar-refractivity contribution is 1.28. The van der Waals surface area contributed by atoms with Crippen LogP contribution in [0.2, 0.25) is 0 Å². The molecule has 1 heterocycles. The molecule has 0 aliphatic heterocycles. The van der Waals surface area contributed by atoms with E-state index in [1.807, 2.05) is 11.3 Å². The maximum absolute atomic E-state index is 2.41. The fourth-order valence-corrected chi connectivity index (χ4v) is 7.32. The minimum absolute atomic E-state index is 1.12. The lowest BCUT2D eigenvalue weighted by Crippen LogP contribution is -2.11. The smallest absolute Gasteiger partial charge is 0.0546 e. The van der Waals surface area contributed by atoms with Crippen molar-refractivity contribution < 1.29 is 0 Å². The van der Waals surface area contributed by atoms with Gasteiger partial charge in [-0.3, -0.25) is 0 Å². The summed E-state index contributed by atoms with van der Waals surface area (Å²) in [6.45, 7) is 0. The predicted molar refractivity (Wildman–Crippen MR) is 190 cm³/mol. The number of rotatable bonds is 6. The number of hydrogen-bond acceptors (Lipinski definition) is 2. The second kappa shape index (κ2) is 11.3. The average Bonchev–Trinajstić information content (AvgIpc) is 3.49. The Bertz CT molecular complexity index is 2200. The van der Waals surface area contributed by atoms with Crippen LogP contribution in [0.1, 0.15) is 0 Å². The van der Waals surface area contributed by atoms with Crippen LogP contribution in [-0.4, -0.2) is 0 Å². The van der Waals surface area contributed by atoms with Gasteiger partial charge in [-0.1, -0.05) is 133 Å². The van der Waals surface area contributed by atoms with Gasteiger partial charge >= 0.3 is 0 Å². The number of anilines is 3. The van der Waals surface area contributed by atoms with Gasteiger partial charge < -0.3 is 4.90 Å². The lowest BCUT2D eigenvalue weighted by atomic mass is 9.94. The van der Waals surface area contributed by atoms with Crippen molar-refractivity contribution in [3.05, 3.63) is 176 Å². The largest absolute Gasteiger partial charge is 0.310 e. The van der Waals surface area contributed by atoms with Crippen molar-refractivity contribution in [1.82, 2.24) is 0 Å². The molecular formula is C42H29NS. The average molecular weight is 580 g/mol. The molecule has 2 heteroatoms. The van der Waals surface area contributed by atoms with E-state index in [1.54, 1.807) is 0 Å². The highest BCUT2D eigenvalue weighted by molar-refractivity contribution is 7.25. The first-order valence-electron chi connectivity index (χ1n) is 14.9. The topological polar surface area (TPSA) is 3.24 Å². The Morgan fingerprint density at radius 3 is 1.64 bits per heavy atom. The van der Waals surface area contributed by atoms with Crippen LogP contribution in [0.4, 0.5) is 17.1 Å². The molecule has 0 unspecified atom stereocenters. The van der Waals surface area contributed by atoms with Gasteiger partial charge in [0.2, 0.25) is 0 Å². The molecule has 0 saturated heterocycles. The van der Waals surface area contributed by atoms with Gasteiger partial charge in [-0.2, -0.15) is 0 Å². The maximum atomic E-state index is 2.41. The molecule has 0 aliphatic rings. The van der Waals surface area contributed by atoms with Crippen molar-refractivity contribution in [2.24, 2.45) is 0 Å². The van der Waals surface area contributed by atoms with Gasteiger partial charge in [-0.05, 0) is 70.3 Å². The van der Waals surface area contributed by atoms with Gasteiger partial charge in [0, 0.05) is 37.1 Å². The molecule has 8 rings (SSSR count). The van der Waals surface area contributed by atoms with E-state index >= 15 is 0 Å². The third kappa shape index (κ3) is 4.76. The monoisotopic (exact) mass is 579 g/mol. The summed E-state index contributed by atoms with van der Waals surface area (Å²) in [6.07, 6.45) is 0. The van der Waals surface area contributed by atoms with E-state index in [0.29, 0.717) is 0 Å². The quantitative estimate of drug-likeness (QED) is 0.189. The number of nitrogens with zero attached hydrogens (tertiary/aromatic N) is 1. The van der Waals surface area contributed by atoms with Crippen molar-refractivity contribution in [1.29, 1.82) is 0 Å². The van der Waals surface area contributed by atoms with Gasteiger partial charge in [-0.25, -0.2) is 0 Å². The number of benzene rings is 7. The summed E-state index contributed by atoms with van der Waals surface area (Å²) in [7, 11) is 0. The molecule has 0 radical (unpaired) electrons. The zero-order chi connectivity index (χ0) is 29.3. The van der Waals surface area contributed by atoms with Gasteiger partial charge in [0.1, 0.15) is 0 Å². The minimum atomic E-state index is 1.12. The van der Waals surface area contributed by atoms with E-state index in [4.69, 9.17) is 0 Å². The van der Waals surface area contributed by atoms with Crippen LogP contribution < -0.4 is 4.90 Å². The highest BCUT2D eigenvalue weighted by Gasteiger charge is 2.21. The predicted octanol–water partition coefficient (Wildman–Crippen LogP) is 12.5. The molecular weight excluding hydrogens is 551 g/mol. The molecule has 0 spiro atoms. The van der Waals surface area contributed by atoms with E-state index in [9.17, 15) is 0 Å². The van der Waals surface area contributed by atoms with E-state index in [1.165, 1.54) is 53.6 Å². The normalized spacial score (nSPS) is 11.2. The third-order valence-corrected chi connectivity index (χ3v) is 9.42. The van der Waals surface area contributed by atoms with Crippen molar-refractivity contribution in [3.8, 4) is 33.4 Å². The SMILES string of the molecule is c1ccc(-c2ccc(N(c3ccccc3)c3cc(-c4ccccc4)ccc3-c3cccc4sc5ccccc5c34)cc2)cc1. The van der Waals surface area contributed by atoms with Crippen molar-refractivity contribution in [2.75, 3.05) is 4.90 Å². The Balaban J connectivity index is 1.39. The second-order valence-corrected chi connectivity index (χ2v) is 12.0. The fourth-order valence-electron chi connectivity index (χ4n) is 6.19. The van der Waals surface area contributed by atoms with E-state index in [0.717, 1.165) is 17.1 Å². The lowest BCUT2D eigenvalue weighted by Gasteiger charge is -2.29. The number of hydrogen-bond donors (Lipinski definition) is 0. The first kappa shape index (κ1) is 26.2. The van der Waals surface area contributed by atoms with Crippen LogP contribution in [0.15, 0.2) is 176 Å². The maximum Gasteiger partial charge on any atom is 0.0546 e. The minimum Gasteiger partial charge on any atom is -0.310 e. The van der Waals surface area contributed by atoms with Crippen molar-refractivity contribution >= 4 is 48.6 Å². The summed E-state index contributed by atoms with van der Waals surface area (Å²) in [6, 6.07) is 63.4.